The second kappa shape index (κ2) is 9.75. The zero-order valence-electron chi connectivity index (χ0n) is 23.7. The van der Waals surface area contributed by atoms with Gasteiger partial charge < -0.3 is 30.1 Å². The average molecular weight is 544 g/mol. The zero-order chi connectivity index (χ0) is 27.6. The van der Waals surface area contributed by atoms with Crippen molar-refractivity contribution in [1.82, 2.24) is 15.5 Å². The van der Waals surface area contributed by atoms with Crippen molar-refractivity contribution >= 4 is 18.0 Å². The molecule has 9 heteroatoms. The Labute approximate surface area is 231 Å². The van der Waals surface area contributed by atoms with E-state index in [2.05, 4.69) is 24.5 Å². The maximum atomic E-state index is 12.9. The van der Waals surface area contributed by atoms with Crippen molar-refractivity contribution in [3.63, 3.8) is 0 Å². The van der Waals surface area contributed by atoms with Crippen LogP contribution in [0.1, 0.15) is 72.1 Å². The Kier molecular flexibility index (Phi) is 6.77. The number of ether oxygens (including phenoxy) is 2. The fraction of sp³-hybridized carbons (Fsp3) is 0.833. The first kappa shape index (κ1) is 27.1. The molecule has 4 aliphatic carbocycles. The highest BCUT2D eigenvalue weighted by Crippen LogP contribution is 2.70. The molecular weight excluding hydrogens is 498 g/mol. The molecule has 6 aliphatic rings. The Balaban J connectivity index is 1.21. The van der Waals surface area contributed by atoms with Crippen LogP contribution in [-0.4, -0.2) is 78.5 Å². The summed E-state index contributed by atoms with van der Waals surface area (Å²) in [4.78, 5) is 38.9. The Bertz CT molecular complexity index is 1060. The van der Waals surface area contributed by atoms with Gasteiger partial charge in [0.05, 0.1) is 5.60 Å². The lowest BCUT2D eigenvalue weighted by Crippen LogP contribution is -2.63. The minimum atomic E-state index is -0.978. The lowest BCUT2D eigenvalue weighted by Gasteiger charge is -2.63. The lowest BCUT2D eigenvalue weighted by molar-refractivity contribution is -0.204. The number of nitrogens with zero attached hydrogens (tertiary/aromatic N) is 1. The fourth-order valence-electron chi connectivity index (χ4n) is 10.0. The van der Waals surface area contributed by atoms with E-state index in [1.807, 2.05) is 4.90 Å². The second-order valence-electron chi connectivity index (χ2n) is 13.7. The molecule has 0 aromatic rings. The molecule has 4 saturated carbocycles. The molecule has 6 rings (SSSR count). The minimum absolute atomic E-state index is 0.0683. The normalized spacial score (nSPS) is 45.4. The molecule has 2 amide bonds. The molecule has 5 fully saturated rings. The zero-order valence-corrected chi connectivity index (χ0v) is 23.7. The van der Waals surface area contributed by atoms with E-state index in [0.717, 1.165) is 76.7 Å². The van der Waals surface area contributed by atoms with Gasteiger partial charge in [0, 0.05) is 63.0 Å². The summed E-state index contributed by atoms with van der Waals surface area (Å²) in [6.45, 7) is 9.43. The maximum absolute atomic E-state index is 12.9. The molecule has 0 aromatic carbocycles. The smallest absolute Gasteiger partial charge is 0.331 e. The van der Waals surface area contributed by atoms with Gasteiger partial charge in [0.1, 0.15) is 12.7 Å². The fourth-order valence-corrected chi connectivity index (χ4v) is 10.0. The molecule has 0 radical (unpaired) electrons. The largest absolute Gasteiger partial charge is 0.462 e. The van der Waals surface area contributed by atoms with E-state index >= 15 is 0 Å². The Morgan fingerprint density at radius 1 is 1.13 bits per heavy atom. The number of nitrogens with one attached hydrogen (secondary N) is 2. The number of rotatable bonds is 3. The number of hydrogen-bond acceptors (Lipinski definition) is 7. The van der Waals surface area contributed by atoms with Crippen LogP contribution in [0.25, 0.3) is 0 Å². The first-order valence-corrected chi connectivity index (χ1v) is 15.1. The van der Waals surface area contributed by atoms with E-state index in [1.165, 1.54) is 6.92 Å². The molecular formula is C30H45N3O6. The van der Waals surface area contributed by atoms with Crippen LogP contribution in [0, 0.1) is 34.5 Å². The van der Waals surface area contributed by atoms with Crippen LogP contribution in [0.4, 0.5) is 4.79 Å². The van der Waals surface area contributed by atoms with E-state index in [1.54, 1.807) is 6.08 Å². The van der Waals surface area contributed by atoms with Crippen LogP contribution < -0.4 is 10.6 Å². The highest BCUT2D eigenvalue weighted by molar-refractivity contribution is 5.85. The maximum Gasteiger partial charge on any atom is 0.331 e. The van der Waals surface area contributed by atoms with Crippen molar-refractivity contribution in [3.8, 4) is 0 Å². The summed E-state index contributed by atoms with van der Waals surface area (Å²) in [6.07, 6.45) is 8.31. The topological polar surface area (TPSA) is 117 Å². The van der Waals surface area contributed by atoms with Gasteiger partial charge >= 0.3 is 18.0 Å². The molecule has 216 valence electrons. The van der Waals surface area contributed by atoms with E-state index in [-0.39, 0.29) is 47.9 Å². The third-order valence-electron chi connectivity index (χ3n) is 12.0. The second-order valence-corrected chi connectivity index (χ2v) is 13.7. The van der Waals surface area contributed by atoms with Crippen LogP contribution in [-0.2, 0) is 19.1 Å². The van der Waals surface area contributed by atoms with E-state index in [9.17, 15) is 19.5 Å². The van der Waals surface area contributed by atoms with Crippen LogP contribution in [0.2, 0.25) is 0 Å². The van der Waals surface area contributed by atoms with E-state index in [0.29, 0.717) is 18.3 Å². The summed E-state index contributed by atoms with van der Waals surface area (Å²) in [5.74, 6) is 0.0831. The predicted octanol–water partition coefficient (Wildman–Crippen LogP) is 2.77. The quantitative estimate of drug-likeness (QED) is 0.469. The van der Waals surface area contributed by atoms with Gasteiger partial charge in [-0.2, -0.15) is 0 Å². The molecule has 2 aliphatic heterocycles. The molecule has 0 unspecified atom stereocenters. The summed E-state index contributed by atoms with van der Waals surface area (Å²) in [7, 11) is 0. The number of amides is 2. The van der Waals surface area contributed by atoms with Gasteiger partial charge in [-0.05, 0) is 73.7 Å². The van der Waals surface area contributed by atoms with Crippen molar-refractivity contribution < 1.29 is 29.0 Å². The van der Waals surface area contributed by atoms with E-state index < -0.39 is 17.1 Å². The number of urea groups is 1. The Hall–Kier alpha value is -2.13. The molecule has 9 atom stereocenters. The van der Waals surface area contributed by atoms with Crippen molar-refractivity contribution in [1.29, 1.82) is 0 Å². The predicted molar refractivity (Wildman–Crippen MR) is 143 cm³/mol. The number of esters is 2. The van der Waals surface area contributed by atoms with Crippen LogP contribution in [0.3, 0.4) is 0 Å². The van der Waals surface area contributed by atoms with Gasteiger partial charge in [-0.1, -0.05) is 13.8 Å². The number of cyclic esters (lactones) is 1. The number of piperazine rings is 1. The van der Waals surface area contributed by atoms with Gasteiger partial charge in [0.25, 0.3) is 0 Å². The molecule has 0 bridgehead atoms. The highest BCUT2D eigenvalue weighted by Gasteiger charge is 2.71. The van der Waals surface area contributed by atoms with Crippen LogP contribution in [0.15, 0.2) is 11.6 Å². The molecule has 1 saturated heterocycles. The number of carbonyl (C=O) groups excluding carboxylic acids is 3. The average Bonchev–Trinajstić information content (AvgIpc) is 3.41. The summed E-state index contributed by atoms with van der Waals surface area (Å²) < 4.78 is 11.1. The minimum Gasteiger partial charge on any atom is -0.462 e. The molecule has 9 nitrogen and oxygen atoms in total. The number of fused-ring (bicyclic) bond motifs is 5. The van der Waals surface area contributed by atoms with Gasteiger partial charge in [0.15, 0.2) is 0 Å². The molecule has 0 aromatic heterocycles. The monoisotopic (exact) mass is 543 g/mol. The summed E-state index contributed by atoms with van der Waals surface area (Å²) in [5, 5.41) is 19.3. The molecule has 39 heavy (non-hydrogen) atoms. The summed E-state index contributed by atoms with van der Waals surface area (Å²) in [6, 6.07) is 0.272. The van der Waals surface area contributed by atoms with Crippen molar-refractivity contribution in [2.45, 2.75) is 89.9 Å². The van der Waals surface area contributed by atoms with Gasteiger partial charge in [0.2, 0.25) is 0 Å². The summed E-state index contributed by atoms with van der Waals surface area (Å²) >= 11 is 0. The van der Waals surface area contributed by atoms with E-state index in [4.69, 9.17) is 9.47 Å². The standard InChI is InChI=1S/C30H45N3O6/c1-18(34)39-24-16-30(37)23-5-4-20-15-21(32-27(36)33-12-10-31-11-13-33)6-8-28(20,2)22(23)7-9-29(30,3)26(24)19-14-25(35)38-17-19/h14,20-24,26,31,37H,4-13,15-17H2,1-3H3,(H,32,36)/t20-,21+,22+,23-,24+,26+,28+,29-,30+/m1/s1. The van der Waals surface area contributed by atoms with Gasteiger partial charge in [-0.3, -0.25) is 4.79 Å². The Morgan fingerprint density at radius 2 is 1.90 bits per heavy atom. The molecule has 0 spiro atoms. The first-order chi connectivity index (χ1) is 18.5. The first-order valence-electron chi connectivity index (χ1n) is 15.1. The van der Waals surface area contributed by atoms with Crippen molar-refractivity contribution in [3.05, 3.63) is 11.6 Å². The van der Waals surface area contributed by atoms with Crippen LogP contribution >= 0.6 is 0 Å². The number of carbonyl (C=O) groups is 3. The van der Waals surface area contributed by atoms with Crippen molar-refractivity contribution in [2.75, 3.05) is 32.8 Å². The van der Waals surface area contributed by atoms with Gasteiger partial charge in [-0.25, -0.2) is 9.59 Å². The van der Waals surface area contributed by atoms with Crippen molar-refractivity contribution in [2.24, 2.45) is 34.5 Å². The Morgan fingerprint density at radius 3 is 2.59 bits per heavy atom. The molecule has 2 heterocycles. The number of aliphatic hydroxyl groups is 1. The highest BCUT2D eigenvalue weighted by atomic mass is 16.5. The number of hydrogen-bond donors (Lipinski definition) is 3. The third-order valence-corrected chi connectivity index (χ3v) is 12.0. The lowest BCUT2D eigenvalue weighted by atomic mass is 9.43. The molecule has 3 N–H and O–H groups in total. The third kappa shape index (κ3) is 4.30. The SMILES string of the molecule is CC(=O)O[C@H]1C[C@]2(O)[C@@H]3CC[C@@H]4C[C@@H](NC(=O)N5CCNCC5)CC[C@]4(C)[C@H]3CC[C@]2(C)[C@H]1C1=CC(=O)OC1. The van der Waals surface area contributed by atoms with Crippen LogP contribution in [0.5, 0.6) is 0 Å². The van der Waals surface area contributed by atoms with Gasteiger partial charge in [-0.15, -0.1) is 0 Å². The summed E-state index contributed by atoms with van der Waals surface area (Å²) in [5.41, 5.74) is -0.513.